The summed E-state index contributed by atoms with van der Waals surface area (Å²) in [5, 5.41) is 10.9. The first-order chi connectivity index (χ1) is 14.2. The Labute approximate surface area is 177 Å². The Balaban J connectivity index is 2.35. The van der Waals surface area contributed by atoms with Gasteiger partial charge in [0.2, 0.25) is 6.54 Å². The van der Waals surface area contributed by atoms with Crippen molar-refractivity contribution in [1.29, 1.82) is 0 Å². The van der Waals surface area contributed by atoms with Crippen molar-refractivity contribution in [1.82, 2.24) is 0 Å². The quantitative estimate of drug-likeness (QED) is 0.428. The van der Waals surface area contributed by atoms with E-state index in [1.807, 2.05) is 30.3 Å². The van der Waals surface area contributed by atoms with Gasteiger partial charge in [0.1, 0.15) is 11.4 Å². The van der Waals surface area contributed by atoms with Crippen LogP contribution in [-0.2, 0) is 4.74 Å². The molecule has 7 heteroatoms. The summed E-state index contributed by atoms with van der Waals surface area (Å²) in [6.45, 7) is 5.22. The van der Waals surface area contributed by atoms with Crippen LogP contribution in [0.1, 0.15) is 38.7 Å². The fourth-order valence-corrected chi connectivity index (χ4v) is 2.81. The molecule has 0 aliphatic rings. The van der Waals surface area contributed by atoms with Gasteiger partial charge in [-0.25, -0.2) is 4.79 Å². The molecule has 0 bridgehead atoms. The van der Waals surface area contributed by atoms with Gasteiger partial charge in [-0.1, -0.05) is 36.4 Å². The summed E-state index contributed by atoms with van der Waals surface area (Å²) in [6.07, 6.45) is 3.20. The van der Waals surface area contributed by atoms with Crippen LogP contribution in [0.3, 0.4) is 0 Å². The molecule has 30 heavy (non-hydrogen) atoms. The van der Waals surface area contributed by atoms with E-state index in [4.69, 9.17) is 9.47 Å². The Kier molecular flexibility index (Phi) is 7.98. The van der Waals surface area contributed by atoms with Crippen molar-refractivity contribution in [2.24, 2.45) is 0 Å². The minimum absolute atomic E-state index is 0.168. The number of hydrogen-bond donors (Lipinski definition) is 0. The first kappa shape index (κ1) is 22.9. The number of amides is 1. The van der Waals surface area contributed by atoms with Crippen LogP contribution in [0.25, 0.3) is 0 Å². The van der Waals surface area contributed by atoms with Crippen molar-refractivity contribution in [3.63, 3.8) is 0 Å². The number of carbonyl (C=O) groups is 1. The van der Waals surface area contributed by atoms with E-state index in [2.05, 4.69) is 0 Å². The molecule has 0 fully saturated rings. The number of hydrogen-bond acceptors (Lipinski definition) is 5. The monoisotopic (exact) mass is 412 g/mol. The van der Waals surface area contributed by atoms with E-state index in [0.717, 1.165) is 5.56 Å². The normalized spacial score (nSPS) is 12.4. The molecule has 0 aromatic heterocycles. The second kappa shape index (κ2) is 10.4. The first-order valence-electron chi connectivity index (χ1n) is 9.71. The van der Waals surface area contributed by atoms with Crippen molar-refractivity contribution in [3.8, 4) is 5.75 Å². The van der Waals surface area contributed by atoms with Gasteiger partial charge in [-0.3, -0.25) is 15.0 Å². The highest BCUT2D eigenvalue weighted by Gasteiger charge is 2.23. The smallest absolute Gasteiger partial charge is 0.418 e. The largest absolute Gasteiger partial charge is 0.497 e. The van der Waals surface area contributed by atoms with Crippen LogP contribution in [0, 0.1) is 10.1 Å². The standard InChI is InChI=1S/C23H28N2O5/c1-23(2,3)30-22(26)24(20-10-12-21(29-4)13-11-20)16-14-19(15-17-25(27)28)18-8-6-5-7-9-18/h5-14,16,19H,15,17H2,1-4H3/b16-14+/t19-/m1/s1. The molecular formula is C23H28N2O5. The molecule has 0 heterocycles. The summed E-state index contributed by atoms with van der Waals surface area (Å²) in [5.74, 6) is 0.444. The van der Waals surface area contributed by atoms with Crippen molar-refractivity contribution >= 4 is 11.8 Å². The zero-order valence-corrected chi connectivity index (χ0v) is 17.8. The first-order valence-corrected chi connectivity index (χ1v) is 9.71. The lowest BCUT2D eigenvalue weighted by molar-refractivity contribution is -0.480. The second-order valence-electron chi connectivity index (χ2n) is 7.75. The van der Waals surface area contributed by atoms with Crippen LogP contribution in [0.2, 0.25) is 0 Å². The highest BCUT2D eigenvalue weighted by molar-refractivity contribution is 5.90. The minimum atomic E-state index is -0.667. The molecule has 0 spiro atoms. The number of allylic oxidation sites excluding steroid dienone is 1. The fourth-order valence-electron chi connectivity index (χ4n) is 2.81. The second-order valence-corrected chi connectivity index (χ2v) is 7.75. The van der Waals surface area contributed by atoms with Crippen LogP contribution < -0.4 is 9.64 Å². The average Bonchev–Trinajstić information content (AvgIpc) is 2.70. The van der Waals surface area contributed by atoms with Gasteiger partial charge in [0.15, 0.2) is 0 Å². The molecule has 0 radical (unpaired) electrons. The Morgan fingerprint density at radius 2 is 1.77 bits per heavy atom. The van der Waals surface area contributed by atoms with Gasteiger partial charge in [0, 0.05) is 23.5 Å². The third-order valence-electron chi connectivity index (χ3n) is 4.26. The summed E-state index contributed by atoms with van der Waals surface area (Å²) in [5.41, 5.74) is 0.872. The molecule has 7 nitrogen and oxygen atoms in total. The Morgan fingerprint density at radius 3 is 2.30 bits per heavy atom. The van der Waals surface area contributed by atoms with Gasteiger partial charge >= 0.3 is 6.09 Å². The van der Waals surface area contributed by atoms with Crippen LogP contribution in [-0.4, -0.2) is 30.3 Å². The molecule has 1 atom stereocenters. The summed E-state index contributed by atoms with van der Waals surface area (Å²) in [6, 6.07) is 16.5. The zero-order chi connectivity index (χ0) is 22.1. The van der Waals surface area contributed by atoms with Gasteiger partial charge in [0.05, 0.1) is 12.8 Å². The molecule has 2 rings (SSSR count). The fraction of sp³-hybridized carbons (Fsp3) is 0.348. The van der Waals surface area contributed by atoms with Gasteiger partial charge < -0.3 is 9.47 Å². The lowest BCUT2D eigenvalue weighted by Gasteiger charge is -2.25. The van der Waals surface area contributed by atoms with Crippen LogP contribution in [0.15, 0.2) is 66.9 Å². The molecule has 2 aromatic carbocycles. The molecular weight excluding hydrogens is 384 g/mol. The molecule has 1 amide bonds. The maximum absolute atomic E-state index is 12.8. The molecule has 0 aliphatic carbocycles. The summed E-state index contributed by atoms with van der Waals surface area (Å²) in [7, 11) is 1.57. The van der Waals surface area contributed by atoms with E-state index in [9.17, 15) is 14.9 Å². The predicted octanol–water partition coefficient (Wildman–Crippen LogP) is 5.40. The Hall–Kier alpha value is -3.35. The van der Waals surface area contributed by atoms with Crippen molar-refractivity contribution in [2.75, 3.05) is 18.6 Å². The van der Waals surface area contributed by atoms with E-state index in [1.54, 1.807) is 64.4 Å². The zero-order valence-electron chi connectivity index (χ0n) is 17.8. The molecule has 0 unspecified atom stereocenters. The minimum Gasteiger partial charge on any atom is -0.497 e. The van der Waals surface area contributed by atoms with Crippen LogP contribution >= 0.6 is 0 Å². The van der Waals surface area contributed by atoms with Gasteiger partial charge in [0.25, 0.3) is 0 Å². The molecule has 0 aliphatic heterocycles. The van der Waals surface area contributed by atoms with Gasteiger partial charge in [-0.2, -0.15) is 0 Å². The molecule has 160 valence electrons. The van der Waals surface area contributed by atoms with Crippen molar-refractivity contribution in [2.45, 2.75) is 38.7 Å². The number of benzene rings is 2. The number of carbonyl (C=O) groups excluding carboxylic acids is 1. The van der Waals surface area contributed by atoms with E-state index in [-0.39, 0.29) is 17.4 Å². The van der Waals surface area contributed by atoms with E-state index in [0.29, 0.717) is 17.9 Å². The lowest BCUT2D eigenvalue weighted by Crippen LogP contribution is -2.33. The number of ether oxygens (including phenoxy) is 2. The number of nitrogens with zero attached hydrogens (tertiary/aromatic N) is 2. The molecule has 0 saturated carbocycles. The van der Waals surface area contributed by atoms with E-state index in [1.165, 1.54) is 4.90 Å². The Morgan fingerprint density at radius 1 is 1.13 bits per heavy atom. The summed E-state index contributed by atoms with van der Waals surface area (Å²) in [4.78, 5) is 24.8. The third kappa shape index (κ3) is 7.24. The third-order valence-corrected chi connectivity index (χ3v) is 4.26. The molecule has 0 saturated heterocycles. The maximum atomic E-state index is 12.8. The maximum Gasteiger partial charge on any atom is 0.418 e. The van der Waals surface area contributed by atoms with Crippen molar-refractivity contribution in [3.05, 3.63) is 82.6 Å². The highest BCUT2D eigenvalue weighted by Crippen LogP contribution is 2.25. The number of rotatable bonds is 8. The highest BCUT2D eigenvalue weighted by atomic mass is 16.6. The SMILES string of the molecule is COc1ccc(N(/C=C/[C@H](CC[N+](=O)[O-])c2ccccc2)C(=O)OC(C)(C)C)cc1. The van der Waals surface area contributed by atoms with E-state index < -0.39 is 11.7 Å². The van der Waals surface area contributed by atoms with Crippen LogP contribution in [0.4, 0.5) is 10.5 Å². The Bertz CT molecular complexity index is 857. The van der Waals surface area contributed by atoms with Gasteiger partial charge in [-0.15, -0.1) is 0 Å². The predicted molar refractivity (Wildman–Crippen MR) is 117 cm³/mol. The average molecular weight is 412 g/mol. The van der Waals surface area contributed by atoms with Crippen molar-refractivity contribution < 1.29 is 19.2 Å². The topological polar surface area (TPSA) is 81.9 Å². The molecule has 0 N–H and O–H groups in total. The summed E-state index contributed by atoms with van der Waals surface area (Å²) >= 11 is 0. The van der Waals surface area contributed by atoms with Gasteiger partial charge in [-0.05, 0) is 50.6 Å². The van der Waals surface area contributed by atoms with Crippen LogP contribution in [0.5, 0.6) is 5.75 Å². The molecule has 2 aromatic rings. The van der Waals surface area contributed by atoms with E-state index >= 15 is 0 Å². The summed E-state index contributed by atoms with van der Waals surface area (Å²) < 4.78 is 10.7. The lowest BCUT2D eigenvalue weighted by atomic mass is 9.95. The number of anilines is 1. The number of nitro groups is 1. The number of methoxy groups -OCH3 is 1.